The van der Waals surface area contributed by atoms with E-state index >= 15 is 0 Å². The highest BCUT2D eigenvalue weighted by Crippen LogP contribution is 2.23. The van der Waals surface area contributed by atoms with E-state index in [0.717, 1.165) is 16.7 Å². The Balaban J connectivity index is 2.49. The van der Waals surface area contributed by atoms with E-state index in [-0.39, 0.29) is 5.97 Å². The summed E-state index contributed by atoms with van der Waals surface area (Å²) in [4.78, 5) is 11.6. The second-order valence-corrected chi connectivity index (χ2v) is 3.86. The lowest BCUT2D eigenvalue weighted by molar-refractivity contribution is 0.0600. The smallest absolute Gasteiger partial charge is 0.338 e. The number of hydrogen-bond donors (Lipinski definition) is 0. The molecule has 90 valence electrons. The van der Waals surface area contributed by atoms with Gasteiger partial charge in [0.05, 0.1) is 12.7 Å². The Morgan fingerprint density at radius 2 is 1.83 bits per heavy atom. The summed E-state index contributed by atoms with van der Waals surface area (Å²) in [5.74, 6) is -0.343. The third-order valence-electron chi connectivity index (χ3n) is 2.78. The molecule has 2 nitrogen and oxygen atoms in total. The van der Waals surface area contributed by atoms with Crippen LogP contribution in [-0.4, -0.2) is 13.1 Å². The van der Waals surface area contributed by atoms with Crippen molar-refractivity contribution in [2.45, 2.75) is 0 Å². The Morgan fingerprint density at radius 1 is 1.11 bits per heavy atom. The summed E-state index contributed by atoms with van der Waals surface area (Å²) in [5.41, 5.74) is 3.48. The molecule has 0 aliphatic rings. The first-order valence-corrected chi connectivity index (χ1v) is 5.66. The fourth-order valence-electron chi connectivity index (χ4n) is 1.84. The molecule has 2 heteroatoms. The maximum absolute atomic E-state index is 11.6. The third kappa shape index (κ3) is 2.33. The van der Waals surface area contributed by atoms with Crippen LogP contribution >= 0.6 is 0 Å². The predicted molar refractivity (Wildman–Crippen MR) is 73.3 cm³/mol. The molecule has 0 aliphatic heterocycles. The van der Waals surface area contributed by atoms with Crippen molar-refractivity contribution < 1.29 is 9.53 Å². The minimum absolute atomic E-state index is 0.343. The maximum Gasteiger partial charge on any atom is 0.338 e. The third-order valence-corrected chi connectivity index (χ3v) is 2.78. The molecule has 18 heavy (non-hydrogen) atoms. The minimum atomic E-state index is -0.343. The van der Waals surface area contributed by atoms with Gasteiger partial charge in [-0.2, -0.15) is 0 Å². The summed E-state index contributed by atoms with van der Waals surface area (Å²) in [5, 5.41) is 0. The van der Waals surface area contributed by atoms with Gasteiger partial charge in [-0.1, -0.05) is 49.1 Å². The van der Waals surface area contributed by atoms with Gasteiger partial charge < -0.3 is 4.74 Å². The largest absolute Gasteiger partial charge is 0.465 e. The Bertz CT molecular complexity index is 571. The molecule has 0 atom stereocenters. The number of esters is 1. The number of hydrogen-bond acceptors (Lipinski definition) is 2. The average molecular weight is 238 g/mol. The Labute approximate surface area is 107 Å². The summed E-state index contributed by atoms with van der Waals surface area (Å²) in [7, 11) is 1.38. The van der Waals surface area contributed by atoms with E-state index in [0.29, 0.717) is 5.56 Å². The Hall–Kier alpha value is -2.35. The number of rotatable bonds is 3. The van der Waals surface area contributed by atoms with Gasteiger partial charge in [-0.25, -0.2) is 4.79 Å². The highest BCUT2D eigenvalue weighted by Gasteiger charge is 2.10. The van der Waals surface area contributed by atoms with Crippen molar-refractivity contribution in [3.63, 3.8) is 0 Å². The molecule has 0 N–H and O–H groups in total. The molecule has 2 rings (SSSR count). The van der Waals surface area contributed by atoms with E-state index in [4.69, 9.17) is 4.74 Å². The fraction of sp³-hybridized carbons (Fsp3) is 0.0625. The molecule has 0 heterocycles. The summed E-state index contributed by atoms with van der Waals surface area (Å²) in [6.07, 6.45) is 1.67. The van der Waals surface area contributed by atoms with Crippen LogP contribution in [0.25, 0.3) is 17.2 Å². The Morgan fingerprint density at radius 3 is 2.44 bits per heavy atom. The number of carbonyl (C=O) groups is 1. The lowest BCUT2D eigenvalue weighted by Gasteiger charge is -2.07. The molecule has 0 amide bonds. The van der Waals surface area contributed by atoms with E-state index in [1.165, 1.54) is 7.11 Å². The second kappa shape index (κ2) is 5.32. The zero-order valence-corrected chi connectivity index (χ0v) is 10.2. The summed E-state index contributed by atoms with van der Waals surface area (Å²) < 4.78 is 4.74. The van der Waals surface area contributed by atoms with Crippen molar-refractivity contribution in [2.24, 2.45) is 0 Å². The van der Waals surface area contributed by atoms with Crippen LogP contribution in [0.1, 0.15) is 15.9 Å². The van der Waals surface area contributed by atoms with Gasteiger partial charge in [0.2, 0.25) is 0 Å². The molecule has 0 unspecified atom stereocenters. The van der Waals surface area contributed by atoms with Crippen LogP contribution in [0.2, 0.25) is 0 Å². The SMILES string of the molecule is C=Cc1cc(-c2ccccc2)ccc1C(=O)OC. The van der Waals surface area contributed by atoms with Crippen molar-refractivity contribution in [3.8, 4) is 11.1 Å². The van der Waals surface area contributed by atoms with Crippen LogP contribution < -0.4 is 0 Å². The number of methoxy groups -OCH3 is 1. The van der Waals surface area contributed by atoms with Crippen LogP contribution in [0.5, 0.6) is 0 Å². The lowest BCUT2D eigenvalue weighted by Crippen LogP contribution is -2.03. The minimum Gasteiger partial charge on any atom is -0.465 e. The highest BCUT2D eigenvalue weighted by molar-refractivity contribution is 5.94. The first kappa shape index (κ1) is 12.1. The molecule has 2 aromatic rings. The molecule has 0 radical (unpaired) electrons. The van der Waals surface area contributed by atoms with Crippen LogP contribution in [0, 0.1) is 0 Å². The second-order valence-electron chi connectivity index (χ2n) is 3.86. The number of ether oxygens (including phenoxy) is 1. The fourth-order valence-corrected chi connectivity index (χ4v) is 1.84. The van der Waals surface area contributed by atoms with Gasteiger partial charge in [-0.15, -0.1) is 0 Å². The van der Waals surface area contributed by atoms with Gasteiger partial charge in [0.25, 0.3) is 0 Å². The maximum atomic E-state index is 11.6. The van der Waals surface area contributed by atoms with Gasteiger partial charge >= 0.3 is 5.97 Å². The molecular weight excluding hydrogens is 224 g/mol. The quantitative estimate of drug-likeness (QED) is 0.760. The van der Waals surface area contributed by atoms with E-state index in [1.54, 1.807) is 12.1 Å². The van der Waals surface area contributed by atoms with E-state index in [2.05, 4.69) is 6.58 Å². The first-order valence-electron chi connectivity index (χ1n) is 5.66. The first-order chi connectivity index (χ1) is 8.76. The van der Waals surface area contributed by atoms with Crippen molar-refractivity contribution in [1.82, 2.24) is 0 Å². The normalized spacial score (nSPS) is 9.83. The lowest BCUT2D eigenvalue weighted by atomic mass is 9.99. The summed E-state index contributed by atoms with van der Waals surface area (Å²) in [6.45, 7) is 3.74. The molecule has 0 aliphatic carbocycles. The van der Waals surface area contributed by atoms with E-state index < -0.39 is 0 Å². The molecule has 0 aromatic heterocycles. The highest BCUT2D eigenvalue weighted by atomic mass is 16.5. The molecule has 0 saturated heterocycles. The van der Waals surface area contributed by atoms with E-state index in [9.17, 15) is 4.79 Å². The molecule has 2 aromatic carbocycles. The molecule has 0 spiro atoms. The van der Waals surface area contributed by atoms with Crippen molar-refractivity contribution in [2.75, 3.05) is 7.11 Å². The van der Waals surface area contributed by atoms with Crippen molar-refractivity contribution in [1.29, 1.82) is 0 Å². The Kier molecular flexibility index (Phi) is 3.58. The van der Waals surface area contributed by atoms with Crippen LogP contribution in [0.4, 0.5) is 0 Å². The number of benzene rings is 2. The van der Waals surface area contributed by atoms with Gasteiger partial charge in [0, 0.05) is 0 Å². The zero-order valence-electron chi connectivity index (χ0n) is 10.2. The van der Waals surface area contributed by atoms with E-state index in [1.807, 2.05) is 42.5 Å². The standard InChI is InChI=1S/C16H14O2/c1-3-12-11-14(13-7-5-4-6-8-13)9-10-15(12)16(17)18-2/h3-11H,1H2,2H3. The monoisotopic (exact) mass is 238 g/mol. The molecule has 0 saturated carbocycles. The number of carbonyl (C=O) groups excluding carboxylic acids is 1. The van der Waals surface area contributed by atoms with Gasteiger partial charge in [0.1, 0.15) is 0 Å². The van der Waals surface area contributed by atoms with Crippen LogP contribution in [0.15, 0.2) is 55.1 Å². The van der Waals surface area contributed by atoms with Gasteiger partial charge in [-0.05, 0) is 28.8 Å². The molecule has 0 bridgehead atoms. The average Bonchev–Trinajstić information content (AvgIpc) is 2.46. The molecule has 0 fully saturated rings. The van der Waals surface area contributed by atoms with Gasteiger partial charge in [-0.3, -0.25) is 0 Å². The topological polar surface area (TPSA) is 26.3 Å². The van der Waals surface area contributed by atoms with Crippen LogP contribution in [0.3, 0.4) is 0 Å². The van der Waals surface area contributed by atoms with Crippen molar-refractivity contribution in [3.05, 3.63) is 66.2 Å². The molecular formula is C16H14O2. The van der Waals surface area contributed by atoms with Crippen molar-refractivity contribution >= 4 is 12.0 Å². The zero-order chi connectivity index (χ0) is 13.0. The van der Waals surface area contributed by atoms with Gasteiger partial charge in [0.15, 0.2) is 0 Å². The predicted octanol–water partition coefficient (Wildman–Crippen LogP) is 3.78. The summed E-state index contributed by atoms with van der Waals surface area (Å²) in [6, 6.07) is 15.6. The van der Waals surface area contributed by atoms with Crippen LogP contribution in [-0.2, 0) is 4.74 Å². The summed E-state index contributed by atoms with van der Waals surface area (Å²) >= 11 is 0.